The molecule has 1 aliphatic heterocycles. The van der Waals surface area contributed by atoms with Crippen molar-refractivity contribution >= 4 is 16.6 Å². The highest BCUT2D eigenvalue weighted by molar-refractivity contribution is 6.09. The van der Waals surface area contributed by atoms with Gasteiger partial charge >= 0.3 is 0 Å². The molecule has 1 unspecified atom stereocenters. The highest BCUT2D eigenvalue weighted by Gasteiger charge is 2.45. The molecule has 0 bridgehead atoms. The average Bonchev–Trinajstić information content (AvgIpc) is 3.26. The summed E-state index contributed by atoms with van der Waals surface area (Å²) in [5.41, 5.74) is 1.78. The van der Waals surface area contributed by atoms with Crippen LogP contribution in [0.3, 0.4) is 0 Å². The number of phenolic OH excluding ortho intramolecular Hbond substituents is 1. The second-order valence-electron chi connectivity index (χ2n) is 7.43. The third kappa shape index (κ3) is 2.32. The number of hydrogen-bond donors (Lipinski definition) is 1. The molecule has 1 aliphatic carbocycles. The molecule has 5 nitrogen and oxygen atoms in total. The van der Waals surface area contributed by atoms with Gasteiger partial charge in [-0.05, 0) is 53.4 Å². The summed E-state index contributed by atoms with van der Waals surface area (Å²) in [6.07, 6.45) is 5.32. The van der Waals surface area contributed by atoms with Gasteiger partial charge in [-0.3, -0.25) is 4.79 Å². The van der Waals surface area contributed by atoms with E-state index in [1.54, 1.807) is 24.5 Å². The van der Waals surface area contributed by atoms with Gasteiger partial charge in [-0.1, -0.05) is 24.3 Å². The SMILES string of the molecule is O=C1C=CC2(Oc3cccc4c(Cc5ccco5)ccc(c34)O2)c2cccc(O)c21. The number of ether oxygens (including phenoxy) is 2. The average molecular weight is 396 g/mol. The molecule has 0 saturated heterocycles. The molecule has 0 amide bonds. The van der Waals surface area contributed by atoms with Crippen molar-refractivity contribution in [3.05, 3.63) is 102 Å². The number of allylic oxidation sites excluding steroid dienone is 1. The summed E-state index contributed by atoms with van der Waals surface area (Å²) < 4.78 is 18.2. The highest BCUT2D eigenvalue weighted by Crippen LogP contribution is 2.49. The third-order valence-electron chi connectivity index (χ3n) is 5.64. The van der Waals surface area contributed by atoms with Gasteiger partial charge in [-0.25, -0.2) is 0 Å². The number of rotatable bonds is 2. The lowest BCUT2D eigenvalue weighted by Crippen LogP contribution is -2.42. The molecule has 4 aromatic rings. The van der Waals surface area contributed by atoms with Crippen LogP contribution in [0.5, 0.6) is 17.2 Å². The van der Waals surface area contributed by atoms with Crippen molar-refractivity contribution in [2.75, 3.05) is 0 Å². The van der Waals surface area contributed by atoms with Crippen LogP contribution in [-0.2, 0) is 12.2 Å². The number of carbonyl (C=O) groups excluding carboxylic acids is 1. The first-order valence-electron chi connectivity index (χ1n) is 9.66. The van der Waals surface area contributed by atoms with Crippen LogP contribution in [0.25, 0.3) is 10.8 Å². The van der Waals surface area contributed by atoms with Gasteiger partial charge in [0.2, 0.25) is 0 Å². The molecule has 1 atom stereocenters. The zero-order valence-corrected chi connectivity index (χ0v) is 15.8. The van der Waals surface area contributed by atoms with E-state index in [9.17, 15) is 9.90 Å². The summed E-state index contributed by atoms with van der Waals surface area (Å²) in [5, 5.41) is 12.2. The number of aromatic hydroxyl groups is 1. The predicted octanol–water partition coefficient (Wildman–Crippen LogP) is 5.11. The summed E-state index contributed by atoms with van der Waals surface area (Å²) >= 11 is 0. The van der Waals surface area contributed by atoms with Crippen molar-refractivity contribution in [3.63, 3.8) is 0 Å². The van der Waals surface area contributed by atoms with Crippen LogP contribution in [-0.4, -0.2) is 10.9 Å². The minimum Gasteiger partial charge on any atom is -0.507 e. The molecule has 0 fully saturated rings. The van der Waals surface area contributed by atoms with Crippen LogP contribution in [0.15, 0.2) is 83.5 Å². The maximum atomic E-state index is 12.4. The van der Waals surface area contributed by atoms with Gasteiger partial charge in [0.25, 0.3) is 5.79 Å². The lowest BCUT2D eigenvalue weighted by Gasteiger charge is -2.39. The Hall–Kier alpha value is -3.99. The fourth-order valence-electron chi connectivity index (χ4n) is 4.30. The van der Waals surface area contributed by atoms with Crippen LogP contribution in [0.1, 0.15) is 27.2 Å². The quantitative estimate of drug-likeness (QED) is 0.510. The molecular weight excluding hydrogens is 380 g/mol. The number of fused-ring (bicyclic) bond motifs is 2. The van der Waals surface area contributed by atoms with Crippen LogP contribution in [0.4, 0.5) is 0 Å². The normalized spacial score (nSPS) is 18.9. The number of hydrogen-bond acceptors (Lipinski definition) is 5. The third-order valence-corrected chi connectivity index (χ3v) is 5.64. The van der Waals surface area contributed by atoms with Crippen molar-refractivity contribution < 1.29 is 23.8 Å². The molecule has 146 valence electrons. The highest BCUT2D eigenvalue weighted by atomic mass is 16.7. The van der Waals surface area contributed by atoms with E-state index >= 15 is 0 Å². The second-order valence-corrected chi connectivity index (χ2v) is 7.43. The number of carbonyl (C=O) groups is 1. The van der Waals surface area contributed by atoms with Gasteiger partial charge in [0.05, 0.1) is 22.8 Å². The minimum absolute atomic E-state index is 0.0915. The standard InChI is InChI=1S/C25H16O5/c26-19-7-2-6-18-24(19)20(27)11-12-25(18)29-21-8-1-5-17-15(14-16-4-3-13-28-16)9-10-22(30-25)23(17)21/h1-13,26H,14H2. The summed E-state index contributed by atoms with van der Waals surface area (Å²) in [7, 11) is 0. The maximum absolute atomic E-state index is 12.4. The topological polar surface area (TPSA) is 68.9 Å². The van der Waals surface area contributed by atoms with Crippen molar-refractivity contribution in [3.8, 4) is 17.2 Å². The molecule has 30 heavy (non-hydrogen) atoms. The van der Waals surface area contributed by atoms with E-state index in [1.165, 1.54) is 12.1 Å². The first kappa shape index (κ1) is 16.9. The molecule has 0 saturated carbocycles. The Morgan fingerprint density at radius 3 is 2.57 bits per heavy atom. The van der Waals surface area contributed by atoms with E-state index in [0.29, 0.717) is 23.5 Å². The van der Waals surface area contributed by atoms with E-state index in [0.717, 1.165) is 22.1 Å². The first-order valence-corrected chi connectivity index (χ1v) is 9.66. The van der Waals surface area contributed by atoms with Crippen LogP contribution >= 0.6 is 0 Å². The summed E-state index contributed by atoms with van der Waals surface area (Å²) in [6.45, 7) is 0. The molecule has 0 radical (unpaired) electrons. The Kier molecular flexibility index (Phi) is 3.39. The number of phenols is 1. The summed E-state index contributed by atoms with van der Waals surface area (Å²) in [5.74, 6) is 0.505. The lowest BCUT2D eigenvalue weighted by molar-refractivity contribution is -0.0840. The van der Waals surface area contributed by atoms with Gasteiger partial charge in [0, 0.05) is 12.5 Å². The maximum Gasteiger partial charge on any atom is 0.299 e. The first-order chi connectivity index (χ1) is 14.6. The van der Waals surface area contributed by atoms with E-state index in [2.05, 4.69) is 0 Å². The molecule has 2 aliphatic rings. The van der Waals surface area contributed by atoms with Gasteiger partial charge in [-0.15, -0.1) is 0 Å². The molecule has 3 aromatic carbocycles. The monoisotopic (exact) mass is 396 g/mol. The van der Waals surface area contributed by atoms with E-state index in [4.69, 9.17) is 13.9 Å². The van der Waals surface area contributed by atoms with Crippen molar-refractivity contribution in [2.45, 2.75) is 12.2 Å². The van der Waals surface area contributed by atoms with Gasteiger partial charge < -0.3 is 19.0 Å². The largest absolute Gasteiger partial charge is 0.507 e. The minimum atomic E-state index is -1.31. The Labute approximate surface area is 171 Å². The van der Waals surface area contributed by atoms with Crippen LogP contribution in [0, 0.1) is 0 Å². The Balaban J connectivity index is 1.52. The van der Waals surface area contributed by atoms with Crippen LogP contribution in [0.2, 0.25) is 0 Å². The fourth-order valence-corrected chi connectivity index (χ4v) is 4.30. The van der Waals surface area contributed by atoms with Gasteiger partial charge in [0.1, 0.15) is 23.0 Å². The van der Waals surface area contributed by atoms with E-state index in [1.807, 2.05) is 42.5 Å². The van der Waals surface area contributed by atoms with Crippen molar-refractivity contribution in [2.24, 2.45) is 0 Å². The Morgan fingerprint density at radius 1 is 0.900 bits per heavy atom. The molecule has 1 N–H and O–H groups in total. The van der Waals surface area contributed by atoms with Crippen molar-refractivity contribution in [1.29, 1.82) is 0 Å². The zero-order chi connectivity index (χ0) is 20.3. The zero-order valence-electron chi connectivity index (χ0n) is 15.8. The van der Waals surface area contributed by atoms with Gasteiger partial charge in [0.15, 0.2) is 5.78 Å². The molecule has 2 heterocycles. The molecular formula is C25H16O5. The van der Waals surface area contributed by atoms with E-state index < -0.39 is 5.79 Å². The molecule has 1 spiro atoms. The number of benzene rings is 3. The second kappa shape index (κ2) is 6.00. The van der Waals surface area contributed by atoms with Crippen molar-refractivity contribution in [1.82, 2.24) is 0 Å². The van der Waals surface area contributed by atoms with Gasteiger partial charge in [-0.2, -0.15) is 0 Å². The number of furan rings is 1. The fraction of sp³-hybridized carbons (Fsp3) is 0.0800. The molecule has 6 rings (SSSR count). The van der Waals surface area contributed by atoms with Crippen LogP contribution < -0.4 is 9.47 Å². The molecule has 1 aromatic heterocycles. The Bertz CT molecular complexity index is 1340. The molecule has 5 heteroatoms. The number of ketones is 1. The predicted molar refractivity (Wildman–Crippen MR) is 110 cm³/mol. The lowest BCUT2D eigenvalue weighted by atomic mass is 9.89. The smallest absolute Gasteiger partial charge is 0.299 e. The Morgan fingerprint density at radius 2 is 1.73 bits per heavy atom. The summed E-state index contributed by atoms with van der Waals surface area (Å²) in [6, 6.07) is 18.5. The summed E-state index contributed by atoms with van der Waals surface area (Å²) in [4.78, 5) is 12.4. The van der Waals surface area contributed by atoms with E-state index in [-0.39, 0.29) is 17.1 Å².